The van der Waals surface area contributed by atoms with Gasteiger partial charge in [-0.3, -0.25) is 9.59 Å². The van der Waals surface area contributed by atoms with Crippen molar-refractivity contribution >= 4 is 28.5 Å². The van der Waals surface area contributed by atoms with Crippen molar-refractivity contribution in [2.45, 2.75) is 20.3 Å². The van der Waals surface area contributed by atoms with Gasteiger partial charge in [0.1, 0.15) is 5.52 Å². The number of fused-ring (bicyclic) bond motifs is 1. The zero-order valence-corrected chi connectivity index (χ0v) is 12.9. The third kappa shape index (κ3) is 3.45. The number of oxazole rings is 1. The van der Waals surface area contributed by atoms with Crippen LogP contribution < -0.4 is 5.32 Å². The van der Waals surface area contributed by atoms with Crippen LogP contribution in [0.5, 0.6) is 0 Å². The van der Waals surface area contributed by atoms with E-state index in [4.69, 9.17) is 4.42 Å². The van der Waals surface area contributed by atoms with Gasteiger partial charge in [0.25, 0.3) is 0 Å². The number of Topliss-reactive ketones (excluding diaryl/α,β-unsaturated/α-hetero) is 1. The van der Waals surface area contributed by atoms with Crippen molar-refractivity contribution < 1.29 is 14.0 Å². The number of amides is 1. The predicted octanol–water partition coefficient (Wildman–Crippen LogP) is 3.52. The van der Waals surface area contributed by atoms with Gasteiger partial charge in [-0.1, -0.05) is 6.07 Å². The highest BCUT2D eigenvalue weighted by Crippen LogP contribution is 2.18. The first-order chi connectivity index (χ1) is 11.0. The van der Waals surface area contributed by atoms with Crippen LogP contribution in [0.15, 0.2) is 46.9 Å². The standard InChI is InChI=1S/C18H16N2O3/c1-11(21)14-4-6-15(7-5-14)20-18(22)10-13-3-8-16-17(9-13)23-12(2)19-16/h3-9H,10H2,1-2H3,(H,20,22). The first kappa shape index (κ1) is 15.0. The zero-order chi connectivity index (χ0) is 16.4. The average molecular weight is 308 g/mol. The fraction of sp³-hybridized carbons (Fsp3) is 0.167. The van der Waals surface area contributed by atoms with Crippen LogP contribution in [0.25, 0.3) is 11.1 Å². The summed E-state index contributed by atoms with van der Waals surface area (Å²) in [4.78, 5) is 27.6. The first-order valence-electron chi connectivity index (χ1n) is 7.28. The zero-order valence-electron chi connectivity index (χ0n) is 12.9. The second kappa shape index (κ2) is 6.04. The maximum absolute atomic E-state index is 12.1. The van der Waals surface area contributed by atoms with E-state index in [0.717, 1.165) is 11.1 Å². The summed E-state index contributed by atoms with van der Waals surface area (Å²) in [6.07, 6.45) is 0.240. The molecule has 3 aromatic rings. The second-order valence-corrected chi connectivity index (χ2v) is 5.39. The van der Waals surface area contributed by atoms with E-state index in [1.807, 2.05) is 18.2 Å². The molecule has 1 heterocycles. The van der Waals surface area contributed by atoms with Crippen LogP contribution >= 0.6 is 0 Å². The third-order valence-corrected chi connectivity index (χ3v) is 3.50. The molecule has 0 bridgehead atoms. The molecule has 0 saturated heterocycles. The van der Waals surface area contributed by atoms with Crippen LogP contribution in [0, 0.1) is 6.92 Å². The topological polar surface area (TPSA) is 72.2 Å². The number of anilines is 1. The highest BCUT2D eigenvalue weighted by molar-refractivity contribution is 5.96. The quantitative estimate of drug-likeness (QED) is 0.748. The van der Waals surface area contributed by atoms with Gasteiger partial charge in [0, 0.05) is 18.2 Å². The number of ketones is 1. The molecule has 1 N–H and O–H groups in total. The first-order valence-corrected chi connectivity index (χ1v) is 7.28. The van der Waals surface area contributed by atoms with E-state index in [1.54, 1.807) is 31.2 Å². The lowest BCUT2D eigenvalue weighted by molar-refractivity contribution is -0.115. The fourth-order valence-electron chi connectivity index (χ4n) is 2.37. The minimum absolute atomic E-state index is 0.00136. The number of nitrogens with one attached hydrogen (secondary N) is 1. The molecule has 1 amide bonds. The summed E-state index contributed by atoms with van der Waals surface area (Å²) in [6.45, 7) is 3.30. The van der Waals surface area contributed by atoms with Crippen molar-refractivity contribution in [2.75, 3.05) is 5.32 Å². The van der Waals surface area contributed by atoms with Crippen molar-refractivity contribution in [3.63, 3.8) is 0 Å². The largest absolute Gasteiger partial charge is 0.441 e. The van der Waals surface area contributed by atoms with Crippen molar-refractivity contribution in [3.8, 4) is 0 Å². The number of carbonyl (C=O) groups is 2. The number of aromatic nitrogens is 1. The normalized spacial score (nSPS) is 10.7. The predicted molar refractivity (Wildman–Crippen MR) is 87.5 cm³/mol. The third-order valence-electron chi connectivity index (χ3n) is 3.50. The highest BCUT2D eigenvalue weighted by atomic mass is 16.3. The second-order valence-electron chi connectivity index (χ2n) is 5.39. The molecule has 0 unspecified atom stereocenters. The van der Waals surface area contributed by atoms with Crippen LogP contribution in [-0.4, -0.2) is 16.7 Å². The van der Waals surface area contributed by atoms with E-state index in [9.17, 15) is 9.59 Å². The lowest BCUT2D eigenvalue weighted by Gasteiger charge is -2.06. The maximum atomic E-state index is 12.1. The molecule has 0 aliphatic heterocycles. The number of carbonyl (C=O) groups excluding carboxylic acids is 2. The van der Waals surface area contributed by atoms with Crippen LogP contribution in [-0.2, 0) is 11.2 Å². The Labute approximate surface area is 133 Å². The molecular weight excluding hydrogens is 292 g/mol. The van der Waals surface area contributed by atoms with Gasteiger partial charge in [0.05, 0.1) is 6.42 Å². The van der Waals surface area contributed by atoms with Gasteiger partial charge in [-0.05, 0) is 48.9 Å². The van der Waals surface area contributed by atoms with E-state index in [2.05, 4.69) is 10.3 Å². The van der Waals surface area contributed by atoms with Crippen molar-refractivity contribution in [3.05, 3.63) is 59.5 Å². The van der Waals surface area contributed by atoms with Gasteiger partial charge in [-0.2, -0.15) is 0 Å². The van der Waals surface area contributed by atoms with Crippen molar-refractivity contribution in [1.82, 2.24) is 4.98 Å². The van der Waals surface area contributed by atoms with E-state index in [0.29, 0.717) is 22.7 Å². The molecule has 1 aromatic heterocycles. The minimum atomic E-state index is -0.129. The maximum Gasteiger partial charge on any atom is 0.228 e. The molecule has 0 fully saturated rings. The van der Waals surface area contributed by atoms with Crippen LogP contribution in [0.2, 0.25) is 0 Å². The number of aryl methyl sites for hydroxylation is 1. The average Bonchev–Trinajstić information content (AvgIpc) is 2.87. The lowest BCUT2D eigenvalue weighted by Crippen LogP contribution is -2.14. The minimum Gasteiger partial charge on any atom is -0.441 e. The molecule has 0 aliphatic rings. The van der Waals surface area contributed by atoms with Gasteiger partial charge in [-0.25, -0.2) is 4.98 Å². The SMILES string of the molecule is CC(=O)c1ccc(NC(=O)Cc2ccc3nc(C)oc3c2)cc1. The summed E-state index contributed by atoms with van der Waals surface area (Å²) in [5.74, 6) is 0.474. The highest BCUT2D eigenvalue weighted by Gasteiger charge is 2.08. The Hall–Kier alpha value is -2.95. The molecular formula is C18H16N2O3. The van der Waals surface area contributed by atoms with Gasteiger partial charge in [0.15, 0.2) is 17.3 Å². The number of nitrogens with zero attached hydrogens (tertiary/aromatic N) is 1. The molecule has 3 rings (SSSR count). The molecule has 0 saturated carbocycles. The molecule has 2 aromatic carbocycles. The Balaban J connectivity index is 1.69. The monoisotopic (exact) mass is 308 g/mol. The Kier molecular flexibility index (Phi) is 3.93. The van der Waals surface area contributed by atoms with Gasteiger partial charge in [-0.15, -0.1) is 0 Å². The molecule has 5 heteroatoms. The Morgan fingerprint density at radius 1 is 1.13 bits per heavy atom. The molecule has 5 nitrogen and oxygen atoms in total. The van der Waals surface area contributed by atoms with Gasteiger partial charge in [0.2, 0.25) is 5.91 Å². The Bertz CT molecular complexity index is 879. The van der Waals surface area contributed by atoms with Crippen LogP contribution in [0.4, 0.5) is 5.69 Å². The summed E-state index contributed by atoms with van der Waals surface area (Å²) >= 11 is 0. The van der Waals surface area contributed by atoms with Crippen LogP contribution in [0.1, 0.15) is 28.7 Å². The van der Waals surface area contributed by atoms with E-state index in [-0.39, 0.29) is 18.1 Å². The molecule has 116 valence electrons. The van der Waals surface area contributed by atoms with Crippen LogP contribution in [0.3, 0.4) is 0 Å². The summed E-state index contributed by atoms with van der Waals surface area (Å²) in [7, 11) is 0. The van der Waals surface area contributed by atoms with Gasteiger partial charge >= 0.3 is 0 Å². The van der Waals surface area contributed by atoms with Gasteiger partial charge < -0.3 is 9.73 Å². The summed E-state index contributed by atoms with van der Waals surface area (Å²) in [5, 5.41) is 2.81. The molecule has 23 heavy (non-hydrogen) atoms. The molecule has 0 radical (unpaired) electrons. The number of hydrogen-bond acceptors (Lipinski definition) is 4. The number of benzene rings is 2. The smallest absolute Gasteiger partial charge is 0.228 e. The van der Waals surface area contributed by atoms with E-state index < -0.39 is 0 Å². The van der Waals surface area contributed by atoms with E-state index >= 15 is 0 Å². The summed E-state index contributed by atoms with van der Waals surface area (Å²) in [6, 6.07) is 12.4. The van der Waals surface area contributed by atoms with Crippen molar-refractivity contribution in [1.29, 1.82) is 0 Å². The Morgan fingerprint density at radius 3 is 2.57 bits per heavy atom. The Morgan fingerprint density at radius 2 is 1.87 bits per heavy atom. The number of hydrogen-bond donors (Lipinski definition) is 1. The fourth-order valence-corrected chi connectivity index (χ4v) is 2.37. The molecule has 0 atom stereocenters. The lowest BCUT2D eigenvalue weighted by atomic mass is 10.1. The molecule has 0 aliphatic carbocycles. The van der Waals surface area contributed by atoms with Crippen molar-refractivity contribution in [2.24, 2.45) is 0 Å². The summed E-state index contributed by atoms with van der Waals surface area (Å²) in [5.41, 5.74) is 3.60. The molecule has 0 spiro atoms. The number of rotatable bonds is 4. The van der Waals surface area contributed by atoms with E-state index in [1.165, 1.54) is 6.92 Å². The summed E-state index contributed by atoms with van der Waals surface area (Å²) < 4.78 is 5.47.